The Hall–Kier alpha value is -0.800. The maximum Gasteiger partial charge on any atom is 0.0950 e. The van der Waals surface area contributed by atoms with Gasteiger partial charge in [0.25, 0.3) is 0 Å². The van der Waals surface area contributed by atoms with Crippen molar-refractivity contribution >= 4 is 0 Å². The molecule has 3 heteroatoms. The van der Waals surface area contributed by atoms with Crippen LogP contribution in [0.5, 0.6) is 0 Å². The second kappa shape index (κ2) is 4.15. The highest BCUT2D eigenvalue weighted by Crippen LogP contribution is 2.31. The molecule has 3 nitrogen and oxygen atoms in total. The molecule has 0 spiro atoms. The molecule has 14 heavy (non-hydrogen) atoms. The van der Waals surface area contributed by atoms with Crippen molar-refractivity contribution in [2.45, 2.75) is 19.4 Å². The van der Waals surface area contributed by atoms with E-state index in [1.54, 1.807) is 12.5 Å². The minimum Gasteiger partial charge on any atom is -0.472 e. The molecular weight excluding hydrogens is 178 g/mol. The van der Waals surface area contributed by atoms with Gasteiger partial charge in [-0.15, -0.1) is 0 Å². The van der Waals surface area contributed by atoms with Crippen molar-refractivity contribution in [3.8, 4) is 0 Å². The fraction of sp³-hybridized carbons (Fsp3) is 0.636. The lowest BCUT2D eigenvalue weighted by molar-refractivity contribution is 0.0154. The Bertz CT molecular complexity index is 271. The van der Waals surface area contributed by atoms with E-state index in [1.807, 2.05) is 6.07 Å². The summed E-state index contributed by atoms with van der Waals surface area (Å²) in [7, 11) is 0. The first-order valence-electron chi connectivity index (χ1n) is 5.14. The molecule has 1 fully saturated rings. The quantitative estimate of drug-likeness (QED) is 0.784. The smallest absolute Gasteiger partial charge is 0.0950 e. The van der Waals surface area contributed by atoms with Crippen molar-refractivity contribution in [2.75, 3.05) is 13.2 Å². The van der Waals surface area contributed by atoms with Crippen LogP contribution in [0.2, 0.25) is 0 Å². The van der Waals surface area contributed by atoms with E-state index in [0.29, 0.717) is 11.8 Å². The fourth-order valence-electron chi connectivity index (χ4n) is 2.14. The lowest BCUT2D eigenvalue weighted by atomic mass is 9.82. The third-order valence-electron chi connectivity index (χ3n) is 3.10. The summed E-state index contributed by atoms with van der Waals surface area (Å²) in [5.74, 6) is 1.05. The molecule has 3 atom stereocenters. The highest BCUT2D eigenvalue weighted by atomic mass is 16.5. The average Bonchev–Trinajstić information content (AvgIpc) is 2.70. The molecular formula is C11H17NO2. The predicted octanol–water partition coefficient (Wildman–Crippen LogP) is 1.95. The van der Waals surface area contributed by atoms with E-state index in [4.69, 9.17) is 14.9 Å². The van der Waals surface area contributed by atoms with Gasteiger partial charge in [0.2, 0.25) is 0 Å². The van der Waals surface area contributed by atoms with Crippen LogP contribution in [0.25, 0.3) is 0 Å². The summed E-state index contributed by atoms with van der Waals surface area (Å²) in [6, 6.07) is 2.04. The summed E-state index contributed by atoms with van der Waals surface area (Å²) in [6.07, 6.45) is 4.47. The highest BCUT2D eigenvalue weighted by molar-refractivity contribution is 5.12. The van der Waals surface area contributed by atoms with Gasteiger partial charge in [-0.05, 0) is 24.3 Å². The van der Waals surface area contributed by atoms with Gasteiger partial charge in [-0.2, -0.15) is 0 Å². The summed E-state index contributed by atoms with van der Waals surface area (Å²) in [6.45, 7) is 3.86. The second-order valence-electron chi connectivity index (χ2n) is 4.09. The number of rotatable bonds is 2. The molecule has 1 saturated heterocycles. The average molecular weight is 195 g/mol. The van der Waals surface area contributed by atoms with Crippen molar-refractivity contribution in [2.24, 2.45) is 17.6 Å². The molecule has 0 bridgehead atoms. The molecule has 1 aromatic rings. The van der Waals surface area contributed by atoms with Crippen LogP contribution in [-0.4, -0.2) is 13.2 Å². The predicted molar refractivity (Wildman–Crippen MR) is 53.7 cm³/mol. The van der Waals surface area contributed by atoms with E-state index in [9.17, 15) is 0 Å². The molecule has 0 amide bonds. The minimum atomic E-state index is 0.0904. The van der Waals surface area contributed by atoms with Crippen molar-refractivity contribution in [1.29, 1.82) is 0 Å². The summed E-state index contributed by atoms with van der Waals surface area (Å²) in [5.41, 5.74) is 7.29. The maximum atomic E-state index is 6.19. The van der Waals surface area contributed by atoms with E-state index in [-0.39, 0.29) is 6.04 Å². The van der Waals surface area contributed by atoms with Gasteiger partial charge < -0.3 is 14.9 Å². The van der Waals surface area contributed by atoms with E-state index >= 15 is 0 Å². The van der Waals surface area contributed by atoms with Gasteiger partial charge in [-0.3, -0.25) is 0 Å². The van der Waals surface area contributed by atoms with Crippen LogP contribution in [0.1, 0.15) is 24.9 Å². The fourth-order valence-corrected chi connectivity index (χ4v) is 2.14. The lowest BCUT2D eigenvalue weighted by Gasteiger charge is -2.32. The van der Waals surface area contributed by atoms with Crippen LogP contribution < -0.4 is 5.73 Å². The molecule has 3 unspecified atom stereocenters. The Labute approximate surface area is 84.2 Å². The number of hydrogen-bond acceptors (Lipinski definition) is 3. The molecule has 1 aliphatic heterocycles. The van der Waals surface area contributed by atoms with Crippen molar-refractivity contribution < 1.29 is 9.15 Å². The van der Waals surface area contributed by atoms with Crippen LogP contribution >= 0.6 is 0 Å². The van der Waals surface area contributed by atoms with E-state index in [1.165, 1.54) is 0 Å². The Morgan fingerprint density at radius 3 is 3.07 bits per heavy atom. The van der Waals surface area contributed by atoms with Gasteiger partial charge in [0.15, 0.2) is 0 Å². The van der Waals surface area contributed by atoms with E-state index in [0.717, 1.165) is 25.2 Å². The van der Waals surface area contributed by atoms with Crippen LogP contribution in [0.3, 0.4) is 0 Å². The van der Waals surface area contributed by atoms with Gasteiger partial charge in [0.1, 0.15) is 0 Å². The maximum absolute atomic E-state index is 6.19. The summed E-state index contributed by atoms with van der Waals surface area (Å²) >= 11 is 0. The normalized spacial score (nSPS) is 30.1. The molecule has 0 aliphatic carbocycles. The lowest BCUT2D eigenvalue weighted by Crippen LogP contribution is -2.33. The standard InChI is InChI=1S/C11H17NO2/c1-8-6-13-5-3-10(8)11(12)9-2-4-14-7-9/h2,4,7-8,10-11H,3,5-6,12H2,1H3. The molecule has 78 valence electrons. The number of furan rings is 1. The van der Waals surface area contributed by atoms with Crippen LogP contribution in [0.15, 0.2) is 23.0 Å². The van der Waals surface area contributed by atoms with Crippen LogP contribution in [-0.2, 0) is 4.74 Å². The first-order chi connectivity index (χ1) is 6.79. The van der Waals surface area contributed by atoms with Crippen molar-refractivity contribution in [1.82, 2.24) is 0 Å². The zero-order valence-corrected chi connectivity index (χ0v) is 8.48. The van der Waals surface area contributed by atoms with Gasteiger partial charge in [-0.25, -0.2) is 0 Å². The van der Waals surface area contributed by atoms with Gasteiger partial charge in [0.05, 0.1) is 12.5 Å². The highest BCUT2D eigenvalue weighted by Gasteiger charge is 2.28. The van der Waals surface area contributed by atoms with E-state index in [2.05, 4.69) is 6.92 Å². The molecule has 1 aliphatic rings. The Morgan fingerprint density at radius 2 is 2.43 bits per heavy atom. The topological polar surface area (TPSA) is 48.4 Å². The molecule has 0 saturated carbocycles. The van der Waals surface area contributed by atoms with Gasteiger partial charge in [-0.1, -0.05) is 6.92 Å². The summed E-state index contributed by atoms with van der Waals surface area (Å²) in [4.78, 5) is 0. The summed E-state index contributed by atoms with van der Waals surface area (Å²) in [5, 5.41) is 0. The molecule has 1 aromatic heterocycles. The summed E-state index contributed by atoms with van der Waals surface area (Å²) < 4.78 is 10.5. The first kappa shape index (κ1) is 9.74. The van der Waals surface area contributed by atoms with E-state index < -0.39 is 0 Å². The molecule has 0 radical (unpaired) electrons. The SMILES string of the molecule is CC1COCCC1C(N)c1ccoc1. The van der Waals surface area contributed by atoms with Crippen molar-refractivity contribution in [3.05, 3.63) is 24.2 Å². The first-order valence-corrected chi connectivity index (χ1v) is 5.14. The molecule has 2 heterocycles. The molecule has 2 N–H and O–H groups in total. The van der Waals surface area contributed by atoms with Crippen LogP contribution in [0.4, 0.5) is 0 Å². The third-order valence-corrected chi connectivity index (χ3v) is 3.10. The van der Waals surface area contributed by atoms with Crippen LogP contribution in [0, 0.1) is 11.8 Å². The number of ether oxygens (including phenoxy) is 1. The van der Waals surface area contributed by atoms with Crippen molar-refractivity contribution in [3.63, 3.8) is 0 Å². The molecule has 2 rings (SSSR count). The zero-order valence-electron chi connectivity index (χ0n) is 8.48. The monoisotopic (exact) mass is 195 g/mol. The Balaban J connectivity index is 2.06. The largest absolute Gasteiger partial charge is 0.472 e. The minimum absolute atomic E-state index is 0.0904. The number of nitrogens with two attached hydrogens (primary N) is 1. The number of hydrogen-bond donors (Lipinski definition) is 1. The van der Waals surface area contributed by atoms with Gasteiger partial charge in [0, 0.05) is 24.8 Å². The Kier molecular flexibility index (Phi) is 2.89. The zero-order chi connectivity index (χ0) is 9.97. The Morgan fingerprint density at radius 1 is 1.57 bits per heavy atom. The molecule has 0 aromatic carbocycles. The van der Waals surface area contributed by atoms with Gasteiger partial charge >= 0.3 is 0 Å². The second-order valence-corrected chi connectivity index (χ2v) is 4.09. The third kappa shape index (κ3) is 1.83.